The van der Waals surface area contributed by atoms with Gasteiger partial charge in [0.05, 0.1) is 6.10 Å². The van der Waals surface area contributed by atoms with E-state index in [1.807, 2.05) is 6.07 Å². The van der Waals surface area contributed by atoms with Gasteiger partial charge in [-0.1, -0.05) is 31.0 Å². The minimum absolute atomic E-state index is 0.0301. The number of aliphatic hydroxyl groups excluding tert-OH is 1. The Morgan fingerprint density at radius 2 is 1.83 bits per heavy atom. The Kier molecular flexibility index (Phi) is 7.08. The maximum absolute atomic E-state index is 14.2. The summed E-state index contributed by atoms with van der Waals surface area (Å²) in [6.45, 7) is 0.161. The molecule has 2 atom stereocenters. The van der Waals surface area contributed by atoms with Crippen LogP contribution in [0.5, 0.6) is 0 Å². The standard InChI is InChI=1S/C30H27F4N5O2/c1-39-16-36-38-28(39)22-14-20(31)9-10-21(22)18-5-4-6-19(13-18)29-37-25-12-17(11-23(27(25)41-29)30(32,33)34)15-35-24-7-2-3-8-26(24)40/h4-6,9-14,16,24,26,35,40H,2-3,7-8,15H2,1H3/t24-,26+/m1/s1. The lowest BCUT2D eigenvalue weighted by Crippen LogP contribution is -2.41. The molecule has 6 rings (SSSR count). The molecule has 0 saturated heterocycles. The highest BCUT2D eigenvalue weighted by atomic mass is 19.4. The molecule has 1 fully saturated rings. The Morgan fingerprint density at radius 1 is 1.02 bits per heavy atom. The van der Waals surface area contributed by atoms with Crippen LogP contribution in [-0.4, -0.2) is 37.0 Å². The van der Waals surface area contributed by atoms with Crippen LogP contribution in [-0.2, 0) is 19.8 Å². The van der Waals surface area contributed by atoms with E-state index >= 15 is 0 Å². The van der Waals surface area contributed by atoms with Crippen LogP contribution in [0.4, 0.5) is 17.6 Å². The average Bonchev–Trinajstić information content (AvgIpc) is 3.58. The summed E-state index contributed by atoms with van der Waals surface area (Å²) in [6, 6.07) is 13.8. The van der Waals surface area contributed by atoms with Crippen LogP contribution in [0.2, 0.25) is 0 Å². The minimum Gasteiger partial charge on any atom is -0.435 e. The van der Waals surface area contributed by atoms with Crippen molar-refractivity contribution in [2.45, 2.75) is 50.6 Å². The number of nitrogens with one attached hydrogen (secondary N) is 1. The summed E-state index contributed by atoms with van der Waals surface area (Å²) in [5.74, 6) is 0.0516. The number of aryl methyl sites for hydroxylation is 1. The highest BCUT2D eigenvalue weighted by Gasteiger charge is 2.36. The lowest BCUT2D eigenvalue weighted by molar-refractivity contribution is -0.136. The van der Waals surface area contributed by atoms with Gasteiger partial charge in [0.15, 0.2) is 11.4 Å². The number of hydrogen-bond acceptors (Lipinski definition) is 6. The quantitative estimate of drug-likeness (QED) is 0.228. The van der Waals surface area contributed by atoms with Gasteiger partial charge in [-0.2, -0.15) is 13.2 Å². The molecule has 212 valence electrons. The average molecular weight is 566 g/mol. The first-order valence-electron chi connectivity index (χ1n) is 13.3. The molecule has 1 aliphatic rings. The van der Waals surface area contributed by atoms with Crippen LogP contribution in [0.15, 0.2) is 65.3 Å². The van der Waals surface area contributed by atoms with Gasteiger partial charge in [-0.25, -0.2) is 9.37 Å². The van der Waals surface area contributed by atoms with Crippen LogP contribution in [0.3, 0.4) is 0 Å². The van der Waals surface area contributed by atoms with Crippen molar-refractivity contribution in [1.29, 1.82) is 0 Å². The van der Waals surface area contributed by atoms with Gasteiger partial charge < -0.3 is 19.4 Å². The van der Waals surface area contributed by atoms with E-state index in [0.717, 1.165) is 25.3 Å². The van der Waals surface area contributed by atoms with Gasteiger partial charge in [-0.3, -0.25) is 0 Å². The summed E-state index contributed by atoms with van der Waals surface area (Å²) in [5, 5.41) is 21.4. The summed E-state index contributed by atoms with van der Waals surface area (Å²) >= 11 is 0. The third-order valence-electron chi connectivity index (χ3n) is 7.51. The lowest BCUT2D eigenvalue weighted by atomic mass is 9.92. The van der Waals surface area contributed by atoms with Crippen molar-refractivity contribution in [2.75, 3.05) is 0 Å². The normalized spacial score (nSPS) is 17.8. The molecule has 2 N–H and O–H groups in total. The number of benzene rings is 3. The molecule has 2 heterocycles. The molecule has 0 bridgehead atoms. The zero-order valence-electron chi connectivity index (χ0n) is 22.1. The van der Waals surface area contributed by atoms with E-state index in [1.165, 1.54) is 18.5 Å². The molecule has 0 spiro atoms. The highest BCUT2D eigenvalue weighted by molar-refractivity contribution is 5.84. The number of alkyl halides is 3. The van der Waals surface area contributed by atoms with E-state index in [-0.39, 0.29) is 29.6 Å². The number of halogens is 4. The number of oxazole rings is 1. The van der Waals surface area contributed by atoms with Crippen molar-refractivity contribution in [3.05, 3.63) is 77.9 Å². The molecular weight excluding hydrogens is 538 g/mol. The largest absolute Gasteiger partial charge is 0.435 e. The first kappa shape index (κ1) is 27.1. The molecule has 3 aromatic carbocycles. The Bertz CT molecular complexity index is 1710. The van der Waals surface area contributed by atoms with E-state index in [9.17, 15) is 22.7 Å². The molecule has 5 aromatic rings. The SMILES string of the molecule is Cn1cnnc1-c1cc(F)ccc1-c1cccc(-c2nc3cc(CN[C@@H]4CCCC[C@@H]4O)cc(C(F)(F)F)c3o2)c1. The smallest absolute Gasteiger partial charge is 0.420 e. The van der Waals surface area contributed by atoms with Gasteiger partial charge in [-0.05, 0) is 65.9 Å². The van der Waals surface area contributed by atoms with Gasteiger partial charge in [0.2, 0.25) is 5.89 Å². The topological polar surface area (TPSA) is 89.0 Å². The molecule has 41 heavy (non-hydrogen) atoms. The van der Waals surface area contributed by atoms with E-state index in [4.69, 9.17) is 4.42 Å². The lowest BCUT2D eigenvalue weighted by Gasteiger charge is -2.28. The number of rotatable bonds is 6. The second-order valence-electron chi connectivity index (χ2n) is 10.4. The van der Waals surface area contributed by atoms with Crippen molar-refractivity contribution in [3.63, 3.8) is 0 Å². The third kappa shape index (κ3) is 5.47. The second kappa shape index (κ2) is 10.7. The van der Waals surface area contributed by atoms with Crippen LogP contribution in [0, 0.1) is 5.82 Å². The summed E-state index contributed by atoms with van der Waals surface area (Å²) in [4.78, 5) is 4.43. The van der Waals surface area contributed by atoms with Crippen molar-refractivity contribution < 1.29 is 27.1 Å². The van der Waals surface area contributed by atoms with Gasteiger partial charge in [0.1, 0.15) is 23.2 Å². The van der Waals surface area contributed by atoms with Crippen LogP contribution in [0.25, 0.3) is 45.1 Å². The van der Waals surface area contributed by atoms with Gasteiger partial charge in [-0.15, -0.1) is 10.2 Å². The Balaban J connectivity index is 1.38. The zero-order chi connectivity index (χ0) is 28.7. The fourth-order valence-corrected chi connectivity index (χ4v) is 5.43. The maximum Gasteiger partial charge on any atom is 0.420 e. The highest BCUT2D eigenvalue weighted by Crippen LogP contribution is 2.39. The van der Waals surface area contributed by atoms with Crippen LogP contribution in [0.1, 0.15) is 36.8 Å². The van der Waals surface area contributed by atoms with E-state index in [0.29, 0.717) is 40.1 Å². The number of aliphatic hydroxyl groups is 1. The molecule has 0 radical (unpaired) electrons. The van der Waals surface area contributed by atoms with Gasteiger partial charge in [0, 0.05) is 30.8 Å². The molecule has 0 aliphatic heterocycles. The summed E-state index contributed by atoms with van der Waals surface area (Å²) in [7, 11) is 1.75. The molecule has 0 unspecified atom stereocenters. The molecule has 0 amide bonds. The fourth-order valence-electron chi connectivity index (χ4n) is 5.43. The zero-order valence-corrected chi connectivity index (χ0v) is 22.1. The summed E-state index contributed by atoms with van der Waals surface area (Å²) < 4.78 is 63.9. The number of aromatic nitrogens is 4. The molecule has 7 nitrogen and oxygen atoms in total. The van der Waals surface area contributed by atoms with Crippen LogP contribution < -0.4 is 5.32 Å². The van der Waals surface area contributed by atoms with Crippen LogP contribution >= 0.6 is 0 Å². The Hall–Kier alpha value is -4.09. The van der Waals surface area contributed by atoms with Gasteiger partial charge >= 0.3 is 6.18 Å². The minimum atomic E-state index is -4.66. The monoisotopic (exact) mass is 565 g/mol. The maximum atomic E-state index is 14.2. The first-order valence-corrected chi connectivity index (χ1v) is 13.3. The third-order valence-corrected chi connectivity index (χ3v) is 7.51. The van der Waals surface area contributed by atoms with Gasteiger partial charge in [0.25, 0.3) is 0 Å². The van der Waals surface area contributed by atoms with Crippen molar-refractivity contribution in [2.24, 2.45) is 7.05 Å². The molecule has 1 aliphatic carbocycles. The molecular formula is C30H27F4N5O2. The van der Waals surface area contributed by atoms with E-state index in [1.54, 1.807) is 41.9 Å². The predicted molar refractivity (Wildman–Crippen MR) is 145 cm³/mol. The van der Waals surface area contributed by atoms with Crippen molar-refractivity contribution in [1.82, 2.24) is 25.1 Å². The summed E-state index contributed by atoms with van der Waals surface area (Å²) in [6.07, 6.45) is -0.314. The number of nitrogens with zero attached hydrogens (tertiary/aromatic N) is 4. The molecule has 1 saturated carbocycles. The Morgan fingerprint density at radius 3 is 2.59 bits per heavy atom. The fraction of sp³-hybridized carbons (Fsp3) is 0.300. The number of fused-ring (bicyclic) bond motifs is 1. The molecule has 11 heteroatoms. The summed E-state index contributed by atoms with van der Waals surface area (Å²) in [5.41, 5.74) is 1.54. The predicted octanol–water partition coefficient (Wildman–Crippen LogP) is 6.51. The van der Waals surface area contributed by atoms with Crippen molar-refractivity contribution in [3.8, 4) is 34.0 Å². The molecule has 2 aromatic heterocycles. The Labute approximate surface area is 232 Å². The van der Waals surface area contributed by atoms with E-state index < -0.39 is 23.7 Å². The van der Waals surface area contributed by atoms with Crippen molar-refractivity contribution >= 4 is 11.1 Å². The number of hydrogen-bond donors (Lipinski definition) is 2. The van der Waals surface area contributed by atoms with E-state index in [2.05, 4.69) is 20.5 Å². The second-order valence-corrected chi connectivity index (χ2v) is 10.4. The first-order chi connectivity index (χ1) is 19.7.